The molecule has 0 fully saturated rings. The molecule has 0 saturated carbocycles. The Morgan fingerprint density at radius 3 is 0.422 bits per heavy atom. The van der Waals surface area contributed by atoms with Crippen LogP contribution in [0.2, 0.25) is 0 Å². The van der Waals surface area contributed by atoms with Crippen molar-refractivity contribution in [3.8, 4) is 0 Å². The fraction of sp³-hybridized carbons (Fsp3) is 0.414. The topological polar surface area (TPSA) is 751 Å². The molecule has 0 aliphatic rings. The van der Waals surface area contributed by atoms with Gasteiger partial charge >= 0.3 is 116 Å². The number of hydrogen-bond acceptors (Lipinski definition) is 30. The molecule has 0 aliphatic carbocycles. The normalized spacial score (nSPS) is 8.19. The van der Waals surface area contributed by atoms with Gasteiger partial charge in [-0.1, -0.05) is 0 Å². The van der Waals surface area contributed by atoms with Crippen molar-refractivity contribution in [1.82, 2.24) is 58.1 Å². The second kappa shape index (κ2) is 145. The van der Waals surface area contributed by atoms with Crippen molar-refractivity contribution in [2.75, 3.05) is 79.3 Å². The van der Waals surface area contributed by atoms with Gasteiger partial charge in [-0.2, -0.15) is 36.4 Å². The van der Waals surface area contributed by atoms with Gasteiger partial charge in [-0.25, -0.2) is 54.9 Å². The monoisotopic (exact) mass is 2030 g/mol. The van der Waals surface area contributed by atoms with Crippen LogP contribution in [0.3, 0.4) is 0 Å². The van der Waals surface area contributed by atoms with E-state index in [9.17, 15) is 29.4 Å². The van der Waals surface area contributed by atoms with Gasteiger partial charge in [0.25, 0.3) is 0 Å². The summed E-state index contributed by atoms with van der Waals surface area (Å²) in [5.41, 5.74) is 0. The first kappa shape index (κ1) is 170. The van der Waals surface area contributed by atoms with Crippen molar-refractivity contribution < 1.29 is 229 Å². The van der Waals surface area contributed by atoms with Crippen LogP contribution < -0.4 is 29.4 Å². The molecule has 58 heteroatoms. The van der Waals surface area contributed by atoms with Crippen LogP contribution in [-0.2, 0) is 156 Å². The minimum atomic E-state index is -1.83. The Morgan fingerprint density at radius 1 is 0.259 bits per heavy atom. The Balaban J connectivity index is -0.0000000419. The van der Waals surface area contributed by atoms with E-state index < -0.39 is 65.8 Å². The smallest absolute Gasteiger partial charge is 0.786 e. The van der Waals surface area contributed by atoms with Crippen LogP contribution in [0, 0.1) is 71.0 Å². The van der Waals surface area contributed by atoms with E-state index in [0.29, 0.717) is 79.3 Å². The number of nitrogens with zero attached hydrogens (tertiary/aromatic N) is 18. The second-order valence-corrected chi connectivity index (χ2v) is 21.2. The van der Waals surface area contributed by atoms with Gasteiger partial charge in [0.05, 0.1) is 51.6 Å². The zero-order valence-electron chi connectivity index (χ0n) is 65.1. The summed E-state index contributed by atoms with van der Waals surface area (Å²) in [7, 11) is -13.2. The second-order valence-electron chi connectivity index (χ2n) is 15.4. The maximum absolute atomic E-state index is 10.3. The van der Waals surface area contributed by atoms with Crippen molar-refractivity contribution in [2.24, 2.45) is 0 Å². The van der Waals surface area contributed by atoms with Crippen LogP contribution in [0.5, 0.6) is 0 Å². The van der Waals surface area contributed by atoms with E-state index in [-0.39, 0.29) is 146 Å². The summed E-state index contributed by atoms with van der Waals surface area (Å²) in [5, 5.41) is 63.1. The molecule has 0 bridgehead atoms. The van der Waals surface area contributed by atoms with Gasteiger partial charge in [-0.05, 0) is 157 Å². The molecule has 0 aliphatic heterocycles. The molecule has 16 N–H and O–H groups in total. The van der Waals surface area contributed by atoms with E-state index in [1.807, 2.05) is 162 Å². The van der Waals surface area contributed by atoms with Crippen LogP contribution in [0.15, 0.2) is 171 Å². The zero-order chi connectivity index (χ0) is 79.1. The van der Waals surface area contributed by atoms with E-state index >= 15 is 0 Å². The van der Waals surface area contributed by atoms with Gasteiger partial charge in [0.15, 0.2) is 0 Å². The van der Waals surface area contributed by atoms with Gasteiger partial charge in [-0.15, -0.1) is 0 Å². The minimum Gasteiger partial charge on any atom is -0.786 e. The zero-order valence-corrected chi connectivity index (χ0v) is 76.7. The van der Waals surface area contributed by atoms with Crippen molar-refractivity contribution in [3.63, 3.8) is 0 Å². The van der Waals surface area contributed by atoms with Crippen LogP contribution >= 0.6 is 51.6 Å². The standard InChI is InChI=1S/2C9H10BN6.2C5H5.6C4H10O3P.6CN.2Co.2Cu.2Fe.8H2O/c2*1-4-11-14(7-1)10(15-8-2-5-12-15)16-9-3-6-13-16;2*1-2-4-5-3-1;6*1-3-6-8(5)7-4-2;6*1-2;;;;;;;;;;;;;;/h2*1-10H;2*1-5H;6*3-4H2,1-2H3;;;;;;;;;;;;;8*1H2/q16*-1;2*+3;2*+2;2*+3;;;;;;;;. The summed E-state index contributed by atoms with van der Waals surface area (Å²) in [5.74, 6) is 0. The van der Waals surface area contributed by atoms with E-state index in [1.165, 1.54) is 0 Å². The maximum Gasteiger partial charge on any atom is 3.00 e. The molecule has 2 aromatic carbocycles. The van der Waals surface area contributed by atoms with E-state index in [0.717, 1.165) is 0 Å². The van der Waals surface area contributed by atoms with Crippen LogP contribution in [0.25, 0.3) is 0 Å². The van der Waals surface area contributed by atoms with Gasteiger partial charge in [-0.3, -0.25) is 0 Å². The van der Waals surface area contributed by atoms with Gasteiger partial charge < -0.3 is 226 Å². The van der Waals surface area contributed by atoms with Gasteiger partial charge in [0, 0.05) is 116 Å². The molecule has 44 nitrogen and oxygen atoms in total. The summed E-state index contributed by atoms with van der Waals surface area (Å²) in [4.78, 5) is 62.1. The van der Waals surface area contributed by atoms with E-state index in [4.69, 9.17) is 71.0 Å². The molecule has 0 atom stereocenters. The third-order valence-corrected chi connectivity index (χ3v) is 14.6. The fourth-order valence-electron chi connectivity index (χ4n) is 5.83. The molecule has 0 spiro atoms. The molecule has 116 heavy (non-hydrogen) atoms. The molecular formula is C58H106B2Co2Cu2Fe2N18O26P6. The Morgan fingerprint density at radius 2 is 0.362 bits per heavy atom. The first-order valence-electron chi connectivity index (χ1n) is 30.1. The van der Waals surface area contributed by atoms with Crippen LogP contribution in [-0.4, -0.2) is 195 Å². The maximum atomic E-state index is 10.3. The van der Waals surface area contributed by atoms with Gasteiger partial charge in [0.1, 0.15) is 0 Å². The van der Waals surface area contributed by atoms with Crippen molar-refractivity contribution in [2.45, 2.75) is 83.1 Å². The third kappa shape index (κ3) is 112. The molecule has 4 radical (unpaired) electrons. The largest absolute Gasteiger partial charge is 3.00 e. The number of aromatic nitrogens is 12. The molecule has 0 unspecified atom stereocenters. The molecule has 676 valence electrons. The predicted octanol–water partition coefficient (Wildman–Crippen LogP) is 0.532. The molecule has 8 rings (SSSR count). The summed E-state index contributed by atoms with van der Waals surface area (Å²) in [6.07, 6.45) is 22.1. The summed E-state index contributed by atoms with van der Waals surface area (Å²) < 4.78 is 66.1. The fourth-order valence-corrected chi connectivity index (χ4v) is 8.80. The Bertz CT molecular complexity index is 2350. The quantitative estimate of drug-likeness (QED) is 0.0337. The first-order valence-corrected chi connectivity index (χ1v) is 36.7. The van der Waals surface area contributed by atoms with Crippen molar-refractivity contribution in [3.05, 3.63) is 211 Å². The average molecular weight is 2040 g/mol. The molecule has 8 aromatic rings. The summed E-state index contributed by atoms with van der Waals surface area (Å²) in [6.45, 7) is 55.0. The minimum absolute atomic E-state index is 0. The first-order chi connectivity index (χ1) is 49.7. The Kier molecular flexibility index (Phi) is 213. The van der Waals surface area contributed by atoms with Gasteiger partial charge in [0.2, 0.25) is 0 Å². The van der Waals surface area contributed by atoms with Crippen molar-refractivity contribution >= 4 is 65.8 Å². The Hall–Kier alpha value is -4.34. The van der Waals surface area contributed by atoms with Crippen LogP contribution in [0.1, 0.15) is 83.1 Å². The van der Waals surface area contributed by atoms with E-state index in [1.54, 1.807) is 120 Å². The number of hydrogen-bond donors (Lipinski definition) is 0. The molecule has 0 saturated heterocycles. The molecular weight excluding hydrogens is 1930 g/mol. The summed E-state index contributed by atoms with van der Waals surface area (Å²) >= 11 is 0. The SMILES string of the molecule is CCOP([O-])OCC.CCOP([O-])OCC.CCOP([O-])OCC.CCOP([O-])OCC.CCOP([O-])OCC.CCOP([O-])OCC.O.O.O.O.O.O.O.O.[C-]#N.[C-]#N.[C-]#N.[C-]#N.[C-]#N.[C-]#N.[Co+3].[Co+3].[Cu+2].[Cu+2].[Fe+3].[Fe+3].c1cc[cH-]c1.c1cc[cH-]c1.c1cnn([BH-](n2cccn2)n2cccn2)c1.c1cnn([BH-](n2cccn2)n2cccn2)c1. The van der Waals surface area contributed by atoms with Crippen LogP contribution in [0.4, 0.5) is 0 Å². The summed E-state index contributed by atoms with van der Waals surface area (Å²) in [6, 6.07) is 31.4. The predicted molar refractivity (Wildman–Crippen MR) is 404 cm³/mol. The molecule has 6 aromatic heterocycles. The van der Waals surface area contributed by atoms with E-state index in [2.05, 4.69) is 84.9 Å². The van der Waals surface area contributed by atoms with Crippen molar-refractivity contribution in [1.29, 1.82) is 31.6 Å². The third-order valence-electron chi connectivity index (χ3n) is 9.02. The Labute approximate surface area is 752 Å². The molecule has 6 heterocycles. The average Bonchev–Trinajstić information content (AvgIpc) is 1.69. The number of rotatable bonds is 30. The molecule has 0 amide bonds.